The third-order valence-corrected chi connectivity index (χ3v) is 2.67. The van der Waals surface area contributed by atoms with E-state index >= 15 is 0 Å². The quantitative estimate of drug-likeness (QED) is 0.588. The zero-order valence-corrected chi connectivity index (χ0v) is 9.60. The largest absolute Gasteiger partial charge is 0.300 e. The van der Waals surface area contributed by atoms with Gasteiger partial charge in [-0.2, -0.15) is 0 Å². The third-order valence-electron chi connectivity index (χ3n) is 2.67. The Labute approximate surface area is 82.9 Å². The highest BCUT2D eigenvalue weighted by Crippen LogP contribution is 2.22. The van der Waals surface area contributed by atoms with Crippen LogP contribution >= 0.6 is 0 Å². The molecule has 0 aromatic rings. The molecule has 13 heavy (non-hydrogen) atoms. The summed E-state index contributed by atoms with van der Waals surface area (Å²) >= 11 is 0. The molecule has 78 valence electrons. The lowest BCUT2D eigenvalue weighted by Gasteiger charge is -2.17. The van der Waals surface area contributed by atoms with Gasteiger partial charge in [0.15, 0.2) is 0 Å². The highest BCUT2D eigenvalue weighted by atomic mass is 16.1. The summed E-state index contributed by atoms with van der Waals surface area (Å²) in [6.45, 7) is 8.41. The second-order valence-electron chi connectivity index (χ2n) is 4.31. The molecule has 0 saturated carbocycles. The van der Waals surface area contributed by atoms with Crippen LogP contribution in [0, 0.1) is 11.8 Å². The minimum atomic E-state index is 0.343. The number of ketones is 1. The third kappa shape index (κ3) is 6.80. The van der Waals surface area contributed by atoms with Crippen molar-refractivity contribution in [3.8, 4) is 0 Å². The number of Topliss-reactive ketones (excluding diaryl/α,β-unsaturated/α-hetero) is 1. The molecule has 0 saturated heterocycles. The molecule has 0 radical (unpaired) electrons. The maximum atomic E-state index is 11.0. The Morgan fingerprint density at radius 1 is 1.31 bits per heavy atom. The number of hydrogen-bond donors (Lipinski definition) is 0. The lowest BCUT2D eigenvalue weighted by Crippen LogP contribution is -2.09. The van der Waals surface area contributed by atoms with Gasteiger partial charge >= 0.3 is 0 Å². The first-order valence-electron chi connectivity index (χ1n) is 5.59. The number of carbonyl (C=O) groups excluding carboxylic acids is 1. The van der Waals surface area contributed by atoms with E-state index in [9.17, 15) is 4.79 Å². The van der Waals surface area contributed by atoms with Crippen molar-refractivity contribution in [1.82, 2.24) is 0 Å². The van der Waals surface area contributed by atoms with E-state index in [-0.39, 0.29) is 0 Å². The van der Waals surface area contributed by atoms with Gasteiger partial charge in [0.05, 0.1) is 0 Å². The molecular weight excluding hydrogens is 160 g/mol. The van der Waals surface area contributed by atoms with Gasteiger partial charge in [-0.15, -0.1) is 0 Å². The highest BCUT2D eigenvalue weighted by molar-refractivity contribution is 5.75. The van der Waals surface area contributed by atoms with Crippen LogP contribution in [0.25, 0.3) is 0 Å². The van der Waals surface area contributed by atoms with Gasteiger partial charge in [-0.3, -0.25) is 0 Å². The molecule has 0 amide bonds. The monoisotopic (exact) mass is 184 g/mol. The predicted molar refractivity (Wildman–Crippen MR) is 57.8 cm³/mol. The zero-order chi connectivity index (χ0) is 10.3. The van der Waals surface area contributed by atoms with Crippen LogP contribution in [0.5, 0.6) is 0 Å². The topological polar surface area (TPSA) is 17.1 Å². The fourth-order valence-electron chi connectivity index (χ4n) is 1.98. The summed E-state index contributed by atoms with van der Waals surface area (Å²) in [6.07, 6.45) is 5.72. The normalized spacial score (nSPS) is 15.4. The summed E-state index contributed by atoms with van der Waals surface area (Å²) in [4.78, 5) is 11.0. The molecule has 0 rings (SSSR count). The molecule has 0 bridgehead atoms. The SMILES string of the molecule is CCCC(C)CC(CC)CC(C)=O. The standard InChI is InChI=1S/C12H24O/c1-5-7-10(3)8-12(6-2)9-11(4)13/h10,12H,5-9H2,1-4H3. The molecule has 0 aromatic heterocycles. The Bertz CT molecular complexity index is 140. The van der Waals surface area contributed by atoms with E-state index in [0.717, 1.165) is 18.8 Å². The van der Waals surface area contributed by atoms with Gasteiger partial charge in [0.2, 0.25) is 0 Å². The summed E-state index contributed by atoms with van der Waals surface area (Å²) < 4.78 is 0. The van der Waals surface area contributed by atoms with Gasteiger partial charge in [-0.05, 0) is 25.2 Å². The molecule has 0 aliphatic carbocycles. The van der Waals surface area contributed by atoms with Crippen LogP contribution < -0.4 is 0 Å². The van der Waals surface area contributed by atoms with Crippen LogP contribution in [-0.2, 0) is 4.79 Å². The van der Waals surface area contributed by atoms with Gasteiger partial charge < -0.3 is 4.79 Å². The van der Waals surface area contributed by atoms with Gasteiger partial charge in [-0.1, -0.05) is 40.0 Å². The summed E-state index contributed by atoms with van der Waals surface area (Å²) in [5.41, 5.74) is 0. The molecular formula is C12H24O. The Balaban J connectivity index is 3.75. The van der Waals surface area contributed by atoms with E-state index in [0.29, 0.717) is 11.7 Å². The average molecular weight is 184 g/mol. The second kappa shape index (κ2) is 7.11. The number of hydrogen-bond acceptors (Lipinski definition) is 1. The van der Waals surface area contributed by atoms with Crippen molar-refractivity contribution in [2.24, 2.45) is 11.8 Å². The van der Waals surface area contributed by atoms with Crippen molar-refractivity contribution in [3.63, 3.8) is 0 Å². The number of rotatable bonds is 7. The number of carbonyl (C=O) groups is 1. The van der Waals surface area contributed by atoms with Crippen LogP contribution in [0.2, 0.25) is 0 Å². The second-order valence-corrected chi connectivity index (χ2v) is 4.31. The van der Waals surface area contributed by atoms with Crippen LogP contribution in [0.4, 0.5) is 0 Å². The van der Waals surface area contributed by atoms with Crippen LogP contribution in [0.3, 0.4) is 0 Å². The smallest absolute Gasteiger partial charge is 0.130 e. The molecule has 0 aliphatic heterocycles. The molecule has 0 spiro atoms. The van der Waals surface area contributed by atoms with E-state index in [2.05, 4.69) is 20.8 Å². The van der Waals surface area contributed by atoms with Crippen molar-refractivity contribution in [3.05, 3.63) is 0 Å². The summed E-state index contributed by atoms with van der Waals surface area (Å²) in [5.74, 6) is 1.75. The van der Waals surface area contributed by atoms with E-state index in [1.807, 2.05) is 0 Å². The fourth-order valence-corrected chi connectivity index (χ4v) is 1.98. The molecule has 0 fully saturated rings. The fraction of sp³-hybridized carbons (Fsp3) is 0.917. The van der Waals surface area contributed by atoms with E-state index in [1.54, 1.807) is 6.92 Å². The van der Waals surface area contributed by atoms with Crippen LogP contribution in [0.1, 0.15) is 59.8 Å². The molecule has 2 atom stereocenters. The van der Waals surface area contributed by atoms with E-state index in [4.69, 9.17) is 0 Å². The van der Waals surface area contributed by atoms with Gasteiger partial charge in [0, 0.05) is 6.42 Å². The maximum Gasteiger partial charge on any atom is 0.130 e. The Hall–Kier alpha value is -0.330. The first-order valence-corrected chi connectivity index (χ1v) is 5.59. The lowest BCUT2D eigenvalue weighted by atomic mass is 9.88. The van der Waals surface area contributed by atoms with Crippen LogP contribution in [0.15, 0.2) is 0 Å². The van der Waals surface area contributed by atoms with E-state index < -0.39 is 0 Å². The first kappa shape index (κ1) is 12.7. The van der Waals surface area contributed by atoms with Gasteiger partial charge in [0.1, 0.15) is 5.78 Å². The van der Waals surface area contributed by atoms with Crippen molar-refractivity contribution in [1.29, 1.82) is 0 Å². The van der Waals surface area contributed by atoms with Crippen molar-refractivity contribution in [2.75, 3.05) is 0 Å². The van der Waals surface area contributed by atoms with Crippen molar-refractivity contribution >= 4 is 5.78 Å². The molecule has 1 heteroatoms. The Morgan fingerprint density at radius 3 is 2.31 bits per heavy atom. The zero-order valence-electron chi connectivity index (χ0n) is 9.60. The molecule has 0 aliphatic rings. The minimum Gasteiger partial charge on any atom is -0.300 e. The van der Waals surface area contributed by atoms with E-state index in [1.165, 1.54) is 19.3 Å². The Kier molecular flexibility index (Phi) is 6.93. The molecule has 2 unspecified atom stereocenters. The summed E-state index contributed by atoms with van der Waals surface area (Å²) in [5, 5.41) is 0. The van der Waals surface area contributed by atoms with Crippen LogP contribution in [-0.4, -0.2) is 5.78 Å². The molecule has 1 nitrogen and oxygen atoms in total. The maximum absolute atomic E-state index is 11.0. The first-order chi connectivity index (χ1) is 6.10. The average Bonchev–Trinajstić information content (AvgIpc) is 2.02. The predicted octanol–water partition coefficient (Wildman–Crippen LogP) is 3.82. The lowest BCUT2D eigenvalue weighted by molar-refractivity contribution is -0.118. The van der Waals surface area contributed by atoms with Gasteiger partial charge in [0.25, 0.3) is 0 Å². The molecule has 0 aromatic carbocycles. The summed E-state index contributed by atoms with van der Waals surface area (Å²) in [6, 6.07) is 0. The van der Waals surface area contributed by atoms with Crippen molar-refractivity contribution < 1.29 is 4.79 Å². The molecule has 0 N–H and O–H groups in total. The minimum absolute atomic E-state index is 0.343. The highest BCUT2D eigenvalue weighted by Gasteiger charge is 2.12. The van der Waals surface area contributed by atoms with Gasteiger partial charge in [-0.25, -0.2) is 0 Å². The summed E-state index contributed by atoms with van der Waals surface area (Å²) in [7, 11) is 0. The molecule has 0 heterocycles. The van der Waals surface area contributed by atoms with Crippen molar-refractivity contribution in [2.45, 2.75) is 59.8 Å². The Morgan fingerprint density at radius 2 is 1.92 bits per heavy atom.